The SMILES string of the molecule is CC1CCC(CNc2ccc(-n3cncn3)c(F)c2)CC1. The Kier molecular flexibility index (Phi) is 4.18. The first-order valence-electron chi connectivity index (χ1n) is 7.61. The monoisotopic (exact) mass is 288 g/mol. The van der Waals surface area contributed by atoms with Gasteiger partial charge in [-0.3, -0.25) is 0 Å². The molecule has 1 N–H and O–H groups in total. The predicted octanol–water partition coefficient (Wildman–Crippen LogP) is 3.64. The summed E-state index contributed by atoms with van der Waals surface area (Å²) in [5.41, 5.74) is 1.25. The summed E-state index contributed by atoms with van der Waals surface area (Å²) < 4.78 is 15.5. The number of anilines is 1. The van der Waals surface area contributed by atoms with Crippen LogP contribution in [-0.4, -0.2) is 21.3 Å². The van der Waals surface area contributed by atoms with E-state index in [1.807, 2.05) is 6.07 Å². The van der Waals surface area contributed by atoms with E-state index in [0.29, 0.717) is 11.6 Å². The van der Waals surface area contributed by atoms with Crippen LogP contribution in [0.15, 0.2) is 30.9 Å². The van der Waals surface area contributed by atoms with Gasteiger partial charge in [-0.2, -0.15) is 5.10 Å². The lowest BCUT2D eigenvalue weighted by molar-refractivity contribution is 0.300. The highest BCUT2D eigenvalue weighted by atomic mass is 19.1. The van der Waals surface area contributed by atoms with Crippen molar-refractivity contribution in [2.45, 2.75) is 32.6 Å². The summed E-state index contributed by atoms with van der Waals surface area (Å²) in [5.74, 6) is 1.28. The zero-order chi connectivity index (χ0) is 14.7. The Morgan fingerprint density at radius 2 is 2.10 bits per heavy atom. The van der Waals surface area contributed by atoms with Crippen LogP contribution in [-0.2, 0) is 0 Å². The minimum Gasteiger partial charge on any atom is -0.385 e. The molecule has 2 aromatic rings. The van der Waals surface area contributed by atoms with E-state index in [0.717, 1.165) is 18.2 Å². The Balaban J connectivity index is 1.60. The maximum atomic E-state index is 14.1. The number of halogens is 1. The topological polar surface area (TPSA) is 42.7 Å². The summed E-state index contributed by atoms with van der Waals surface area (Å²) in [4.78, 5) is 3.84. The fourth-order valence-electron chi connectivity index (χ4n) is 2.93. The first-order chi connectivity index (χ1) is 10.2. The second-order valence-electron chi connectivity index (χ2n) is 6.01. The van der Waals surface area contributed by atoms with Gasteiger partial charge in [-0.15, -0.1) is 0 Å². The van der Waals surface area contributed by atoms with Crippen molar-refractivity contribution in [3.8, 4) is 5.69 Å². The number of nitrogens with zero attached hydrogens (tertiary/aromatic N) is 3. The van der Waals surface area contributed by atoms with Gasteiger partial charge in [0.15, 0.2) is 5.82 Å². The molecule has 0 amide bonds. The fourth-order valence-corrected chi connectivity index (χ4v) is 2.93. The van der Waals surface area contributed by atoms with Gasteiger partial charge in [-0.05, 0) is 42.9 Å². The van der Waals surface area contributed by atoms with Gasteiger partial charge in [-0.1, -0.05) is 19.8 Å². The third-order valence-electron chi connectivity index (χ3n) is 4.34. The highest BCUT2D eigenvalue weighted by Crippen LogP contribution is 2.28. The standard InChI is InChI=1S/C16H21FN4/c1-12-2-4-13(5-3-12)9-19-14-6-7-16(15(17)8-14)21-11-18-10-20-21/h6-8,10-13,19H,2-5,9H2,1H3. The summed E-state index contributed by atoms with van der Waals surface area (Å²) in [6.45, 7) is 3.25. The van der Waals surface area contributed by atoms with Gasteiger partial charge >= 0.3 is 0 Å². The molecule has 112 valence electrons. The Morgan fingerprint density at radius 1 is 1.29 bits per heavy atom. The van der Waals surface area contributed by atoms with Crippen LogP contribution in [0, 0.1) is 17.7 Å². The summed E-state index contributed by atoms with van der Waals surface area (Å²) in [6, 6.07) is 5.16. The lowest BCUT2D eigenvalue weighted by Gasteiger charge is -2.26. The molecule has 5 heteroatoms. The van der Waals surface area contributed by atoms with E-state index in [1.54, 1.807) is 6.07 Å². The Labute approximate surface area is 124 Å². The average Bonchev–Trinajstić information content (AvgIpc) is 3.01. The molecule has 21 heavy (non-hydrogen) atoms. The fraction of sp³-hybridized carbons (Fsp3) is 0.500. The molecule has 0 bridgehead atoms. The third kappa shape index (κ3) is 3.40. The smallest absolute Gasteiger partial charge is 0.150 e. The molecule has 1 aliphatic carbocycles. The average molecular weight is 288 g/mol. The number of aromatic nitrogens is 3. The first-order valence-corrected chi connectivity index (χ1v) is 7.61. The zero-order valence-electron chi connectivity index (χ0n) is 12.3. The molecule has 1 saturated carbocycles. The molecule has 3 rings (SSSR count). The largest absolute Gasteiger partial charge is 0.385 e. The molecule has 1 heterocycles. The molecule has 1 aliphatic rings. The first kappa shape index (κ1) is 14.0. The van der Waals surface area contributed by atoms with Crippen LogP contribution in [0.25, 0.3) is 5.69 Å². The summed E-state index contributed by atoms with van der Waals surface area (Å²) in [6.07, 6.45) is 8.06. The second-order valence-corrected chi connectivity index (χ2v) is 6.01. The predicted molar refractivity (Wildman–Crippen MR) is 80.9 cm³/mol. The van der Waals surface area contributed by atoms with Gasteiger partial charge in [0.05, 0.1) is 0 Å². The number of nitrogens with one attached hydrogen (secondary N) is 1. The van der Waals surface area contributed by atoms with Gasteiger partial charge in [0.2, 0.25) is 0 Å². The van der Waals surface area contributed by atoms with Crippen molar-refractivity contribution in [3.05, 3.63) is 36.7 Å². The molecule has 0 aliphatic heterocycles. The van der Waals surface area contributed by atoms with Crippen LogP contribution in [0.5, 0.6) is 0 Å². The van der Waals surface area contributed by atoms with E-state index < -0.39 is 0 Å². The lowest BCUT2D eigenvalue weighted by Crippen LogP contribution is -2.20. The normalized spacial score (nSPS) is 22.2. The van der Waals surface area contributed by atoms with Crippen molar-refractivity contribution < 1.29 is 4.39 Å². The highest BCUT2D eigenvalue weighted by Gasteiger charge is 2.18. The third-order valence-corrected chi connectivity index (χ3v) is 4.34. The highest BCUT2D eigenvalue weighted by molar-refractivity contribution is 5.49. The van der Waals surface area contributed by atoms with Gasteiger partial charge < -0.3 is 5.32 Å². The number of hydrogen-bond acceptors (Lipinski definition) is 3. The summed E-state index contributed by atoms with van der Waals surface area (Å²) in [5, 5.41) is 7.31. The molecular weight excluding hydrogens is 267 g/mol. The minimum absolute atomic E-state index is 0.289. The van der Waals surface area contributed by atoms with Crippen molar-refractivity contribution in [3.63, 3.8) is 0 Å². The Morgan fingerprint density at radius 3 is 2.76 bits per heavy atom. The summed E-state index contributed by atoms with van der Waals surface area (Å²) >= 11 is 0. The maximum absolute atomic E-state index is 14.1. The van der Waals surface area contributed by atoms with Crippen LogP contribution < -0.4 is 5.32 Å². The van der Waals surface area contributed by atoms with E-state index in [1.165, 1.54) is 49.1 Å². The van der Waals surface area contributed by atoms with Crippen molar-refractivity contribution in [1.29, 1.82) is 0 Å². The van der Waals surface area contributed by atoms with E-state index in [9.17, 15) is 4.39 Å². The minimum atomic E-state index is -0.289. The molecule has 0 spiro atoms. The molecule has 4 nitrogen and oxygen atoms in total. The molecule has 0 unspecified atom stereocenters. The van der Waals surface area contributed by atoms with Gasteiger partial charge in [0.25, 0.3) is 0 Å². The second kappa shape index (κ2) is 6.24. The van der Waals surface area contributed by atoms with Crippen molar-refractivity contribution >= 4 is 5.69 Å². The van der Waals surface area contributed by atoms with E-state index in [4.69, 9.17) is 0 Å². The van der Waals surface area contributed by atoms with Crippen LogP contribution in [0.4, 0.5) is 10.1 Å². The van der Waals surface area contributed by atoms with Crippen LogP contribution >= 0.6 is 0 Å². The van der Waals surface area contributed by atoms with Crippen molar-refractivity contribution in [2.75, 3.05) is 11.9 Å². The number of hydrogen-bond donors (Lipinski definition) is 1. The van der Waals surface area contributed by atoms with E-state index in [2.05, 4.69) is 22.3 Å². The molecule has 0 atom stereocenters. The molecular formula is C16H21FN4. The van der Waals surface area contributed by atoms with Crippen molar-refractivity contribution in [1.82, 2.24) is 14.8 Å². The number of rotatable bonds is 4. The van der Waals surface area contributed by atoms with E-state index >= 15 is 0 Å². The van der Waals surface area contributed by atoms with Gasteiger partial charge in [0, 0.05) is 12.2 Å². The van der Waals surface area contributed by atoms with Gasteiger partial charge in [0.1, 0.15) is 18.3 Å². The Hall–Kier alpha value is -1.91. The molecule has 1 aromatic carbocycles. The summed E-state index contributed by atoms with van der Waals surface area (Å²) in [7, 11) is 0. The van der Waals surface area contributed by atoms with Crippen molar-refractivity contribution in [2.24, 2.45) is 11.8 Å². The maximum Gasteiger partial charge on any atom is 0.150 e. The van der Waals surface area contributed by atoms with Gasteiger partial charge in [-0.25, -0.2) is 14.1 Å². The Bertz CT molecular complexity index is 574. The zero-order valence-corrected chi connectivity index (χ0v) is 12.3. The molecule has 1 aromatic heterocycles. The molecule has 1 fully saturated rings. The lowest BCUT2D eigenvalue weighted by atomic mass is 9.83. The quantitative estimate of drug-likeness (QED) is 0.934. The van der Waals surface area contributed by atoms with Crippen LogP contribution in [0.1, 0.15) is 32.6 Å². The van der Waals surface area contributed by atoms with E-state index in [-0.39, 0.29) is 5.82 Å². The molecule has 0 radical (unpaired) electrons. The molecule has 0 saturated heterocycles. The van der Waals surface area contributed by atoms with Crippen LogP contribution in [0.2, 0.25) is 0 Å². The van der Waals surface area contributed by atoms with Crippen LogP contribution in [0.3, 0.4) is 0 Å². The number of benzene rings is 1.